The van der Waals surface area contributed by atoms with Crippen molar-refractivity contribution in [3.63, 3.8) is 0 Å². The lowest BCUT2D eigenvalue weighted by Crippen LogP contribution is -2.08. The van der Waals surface area contributed by atoms with Crippen LogP contribution in [0.2, 0.25) is 0 Å². The summed E-state index contributed by atoms with van der Waals surface area (Å²) < 4.78 is 2.92. The fraction of sp³-hybridized carbons (Fsp3) is 0.167. The summed E-state index contributed by atoms with van der Waals surface area (Å²) in [6, 6.07) is 7.98. The standard InChI is InChI=1S/C12H11IN2O/c1-15-8-14-7-11(15)12(16)6-9-2-4-10(13)5-3-9/h2-5,7-8H,6H2,1H3. The number of carbonyl (C=O) groups is 1. The zero-order valence-electron chi connectivity index (χ0n) is 8.85. The molecule has 0 N–H and O–H groups in total. The summed E-state index contributed by atoms with van der Waals surface area (Å²) in [5, 5.41) is 0. The topological polar surface area (TPSA) is 34.9 Å². The zero-order valence-corrected chi connectivity index (χ0v) is 11.0. The van der Waals surface area contributed by atoms with Gasteiger partial charge in [0.2, 0.25) is 0 Å². The highest BCUT2D eigenvalue weighted by molar-refractivity contribution is 14.1. The molecule has 0 aliphatic heterocycles. The van der Waals surface area contributed by atoms with E-state index in [-0.39, 0.29) is 5.78 Å². The average molecular weight is 326 g/mol. The molecule has 2 rings (SSSR count). The maximum Gasteiger partial charge on any atom is 0.185 e. The van der Waals surface area contributed by atoms with Crippen LogP contribution in [-0.4, -0.2) is 15.3 Å². The molecule has 2 aromatic rings. The van der Waals surface area contributed by atoms with Crippen molar-refractivity contribution in [2.75, 3.05) is 0 Å². The molecular weight excluding hydrogens is 315 g/mol. The number of hydrogen-bond acceptors (Lipinski definition) is 2. The Labute approximate surface area is 108 Å². The van der Waals surface area contributed by atoms with Gasteiger partial charge < -0.3 is 4.57 Å². The lowest BCUT2D eigenvalue weighted by molar-refractivity contribution is 0.0985. The lowest BCUT2D eigenvalue weighted by atomic mass is 10.1. The molecule has 1 aromatic carbocycles. The highest BCUT2D eigenvalue weighted by Crippen LogP contribution is 2.10. The molecule has 0 fully saturated rings. The van der Waals surface area contributed by atoms with E-state index in [4.69, 9.17) is 0 Å². The molecule has 0 radical (unpaired) electrons. The van der Waals surface area contributed by atoms with Crippen molar-refractivity contribution in [2.24, 2.45) is 7.05 Å². The summed E-state index contributed by atoms with van der Waals surface area (Å²) in [6.45, 7) is 0. The number of rotatable bonds is 3. The van der Waals surface area contributed by atoms with Crippen LogP contribution < -0.4 is 0 Å². The molecule has 16 heavy (non-hydrogen) atoms. The summed E-state index contributed by atoms with van der Waals surface area (Å²) in [5.74, 6) is 0.0983. The Balaban J connectivity index is 2.14. The smallest absolute Gasteiger partial charge is 0.185 e. The first kappa shape index (κ1) is 11.3. The number of benzene rings is 1. The summed E-state index contributed by atoms with van der Waals surface area (Å²) in [6.07, 6.45) is 3.67. The Bertz CT molecular complexity index is 502. The molecule has 1 heterocycles. The predicted octanol–water partition coefficient (Wildman–Crippen LogP) is 2.45. The van der Waals surface area contributed by atoms with E-state index in [2.05, 4.69) is 27.6 Å². The van der Waals surface area contributed by atoms with Gasteiger partial charge in [-0.2, -0.15) is 0 Å². The van der Waals surface area contributed by atoms with E-state index in [1.807, 2.05) is 31.3 Å². The summed E-state index contributed by atoms with van der Waals surface area (Å²) in [5.41, 5.74) is 1.69. The molecule has 0 atom stereocenters. The van der Waals surface area contributed by atoms with Crippen LogP contribution in [-0.2, 0) is 13.5 Å². The lowest BCUT2D eigenvalue weighted by Gasteiger charge is -2.02. The van der Waals surface area contributed by atoms with E-state index < -0.39 is 0 Å². The van der Waals surface area contributed by atoms with Crippen molar-refractivity contribution in [1.82, 2.24) is 9.55 Å². The van der Waals surface area contributed by atoms with Gasteiger partial charge in [0.25, 0.3) is 0 Å². The van der Waals surface area contributed by atoms with Gasteiger partial charge >= 0.3 is 0 Å². The molecule has 0 spiro atoms. The molecule has 0 aliphatic rings. The molecule has 0 saturated heterocycles. The second-order valence-electron chi connectivity index (χ2n) is 3.62. The van der Waals surface area contributed by atoms with Gasteiger partial charge in [0.15, 0.2) is 5.78 Å². The van der Waals surface area contributed by atoms with Crippen molar-refractivity contribution in [1.29, 1.82) is 0 Å². The molecule has 1 aromatic heterocycles. The van der Waals surface area contributed by atoms with Crippen molar-refractivity contribution in [2.45, 2.75) is 6.42 Å². The number of ketones is 1. The third kappa shape index (κ3) is 2.49. The van der Waals surface area contributed by atoms with Gasteiger partial charge in [0, 0.05) is 17.0 Å². The maximum atomic E-state index is 11.9. The second kappa shape index (κ2) is 4.78. The third-order valence-electron chi connectivity index (χ3n) is 2.38. The fourth-order valence-corrected chi connectivity index (χ4v) is 1.86. The highest BCUT2D eigenvalue weighted by atomic mass is 127. The number of hydrogen-bond donors (Lipinski definition) is 0. The van der Waals surface area contributed by atoms with Crippen LogP contribution in [0, 0.1) is 3.57 Å². The SMILES string of the molecule is Cn1cncc1C(=O)Cc1ccc(I)cc1. The first-order valence-corrected chi connectivity index (χ1v) is 5.98. The van der Waals surface area contributed by atoms with Gasteiger partial charge in [-0.05, 0) is 40.3 Å². The average Bonchev–Trinajstić information content (AvgIpc) is 2.68. The Morgan fingerprint density at radius 2 is 2.06 bits per heavy atom. The molecule has 0 amide bonds. The van der Waals surface area contributed by atoms with Crippen LogP contribution >= 0.6 is 22.6 Å². The zero-order chi connectivity index (χ0) is 11.5. The van der Waals surface area contributed by atoms with Crippen LogP contribution in [0.5, 0.6) is 0 Å². The van der Waals surface area contributed by atoms with Crippen molar-refractivity contribution >= 4 is 28.4 Å². The van der Waals surface area contributed by atoms with Gasteiger partial charge in [-0.15, -0.1) is 0 Å². The minimum Gasteiger partial charge on any atom is -0.331 e. The Hall–Kier alpha value is -1.17. The van der Waals surface area contributed by atoms with Gasteiger partial charge in [-0.3, -0.25) is 4.79 Å². The Kier molecular flexibility index (Phi) is 3.38. The normalized spacial score (nSPS) is 10.4. The summed E-state index contributed by atoms with van der Waals surface area (Å²) in [4.78, 5) is 15.9. The molecule has 82 valence electrons. The van der Waals surface area contributed by atoms with Gasteiger partial charge in [0.05, 0.1) is 12.5 Å². The van der Waals surface area contributed by atoms with E-state index in [9.17, 15) is 4.79 Å². The first-order valence-electron chi connectivity index (χ1n) is 4.91. The third-order valence-corrected chi connectivity index (χ3v) is 3.10. The van der Waals surface area contributed by atoms with Gasteiger partial charge in [-0.25, -0.2) is 4.98 Å². The molecule has 3 nitrogen and oxygen atoms in total. The fourth-order valence-electron chi connectivity index (χ4n) is 1.50. The number of nitrogens with zero attached hydrogens (tertiary/aromatic N) is 2. The van der Waals surface area contributed by atoms with E-state index in [1.54, 1.807) is 17.1 Å². The number of aromatic nitrogens is 2. The van der Waals surface area contributed by atoms with Crippen LogP contribution in [0.25, 0.3) is 0 Å². The largest absolute Gasteiger partial charge is 0.331 e. The van der Waals surface area contributed by atoms with Crippen LogP contribution in [0.1, 0.15) is 16.1 Å². The van der Waals surface area contributed by atoms with E-state index in [0.29, 0.717) is 12.1 Å². The number of aryl methyl sites for hydroxylation is 1. The van der Waals surface area contributed by atoms with E-state index in [0.717, 1.165) is 5.56 Å². The van der Waals surface area contributed by atoms with E-state index >= 15 is 0 Å². The van der Waals surface area contributed by atoms with Crippen molar-refractivity contribution < 1.29 is 4.79 Å². The van der Waals surface area contributed by atoms with Crippen LogP contribution in [0.3, 0.4) is 0 Å². The molecule has 0 aliphatic carbocycles. The Morgan fingerprint density at radius 3 is 2.62 bits per heavy atom. The first-order chi connectivity index (χ1) is 7.66. The van der Waals surface area contributed by atoms with E-state index in [1.165, 1.54) is 3.57 Å². The quantitative estimate of drug-likeness (QED) is 0.641. The second-order valence-corrected chi connectivity index (χ2v) is 4.86. The number of halogens is 1. The minimum absolute atomic E-state index is 0.0983. The summed E-state index contributed by atoms with van der Waals surface area (Å²) in [7, 11) is 1.83. The van der Waals surface area contributed by atoms with Gasteiger partial charge in [-0.1, -0.05) is 12.1 Å². The minimum atomic E-state index is 0.0983. The van der Waals surface area contributed by atoms with Crippen molar-refractivity contribution in [3.8, 4) is 0 Å². The highest BCUT2D eigenvalue weighted by Gasteiger charge is 2.10. The predicted molar refractivity (Wildman–Crippen MR) is 70.4 cm³/mol. The monoisotopic (exact) mass is 326 g/mol. The number of imidazole rings is 1. The molecule has 0 saturated carbocycles. The molecule has 0 bridgehead atoms. The van der Waals surface area contributed by atoms with Crippen LogP contribution in [0.15, 0.2) is 36.8 Å². The maximum absolute atomic E-state index is 11.9. The van der Waals surface area contributed by atoms with Gasteiger partial charge in [0.1, 0.15) is 5.69 Å². The van der Waals surface area contributed by atoms with Crippen molar-refractivity contribution in [3.05, 3.63) is 51.6 Å². The number of carbonyl (C=O) groups excluding carboxylic acids is 1. The molecule has 4 heteroatoms. The van der Waals surface area contributed by atoms with Crippen LogP contribution in [0.4, 0.5) is 0 Å². The number of Topliss-reactive ketones (excluding diaryl/α,β-unsaturated/α-hetero) is 1. The summed E-state index contributed by atoms with van der Waals surface area (Å²) >= 11 is 2.25. The molecule has 0 unspecified atom stereocenters. The Morgan fingerprint density at radius 1 is 1.38 bits per heavy atom. The molecular formula is C12H11IN2O.